The lowest BCUT2D eigenvalue weighted by Gasteiger charge is -2.25. The number of carbonyl (C=O) groups excluding carboxylic acids is 1. The van der Waals surface area contributed by atoms with Crippen molar-refractivity contribution in [1.82, 2.24) is 4.90 Å². The smallest absolute Gasteiger partial charge is 0.254 e. The molecule has 2 N–H and O–H groups in total. The normalized spacial score (nSPS) is 17.3. The summed E-state index contributed by atoms with van der Waals surface area (Å²) in [5.74, 6) is 0.0532. The quantitative estimate of drug-likeness (QED) is 0.886. The van der Waals surface area contributed by atoms with E-state index in [9.17, 15) is 4.79 Å². The summed E-state index contributed by atoms with van der Waals surface area (Å²) in [7, 11) is 0. The summed E-state index contributed by atoms with van der Waals surface area (Å²) < 4.78 is 5.72. The molecule has 0 bridgehead atoms. The Bertz CT molecular complexity index is 619. The fraction of sp³-hybridized carbons (Fsp3) is 0.389. The molecule has 0 radical (unpaired) electrons. The number of hydrogen-bond acceptors (Lipinski definition) is 4. The van der Waals surface area contributed by atoms with Crippen molar-refractivity contribution in [3.63, 3.8) is 0 Å². The van der Waals surface area contributed by atoms with Gasteiger partial charge in [0, 0.05) is 30.1 Å². The number of carbonyl (C=O) groups is 1. The van der Waals surface area contributed by atoms with Crippen LogP contribution in [0.4, 0.5) is 0 Å². The van der Waals surface area contributed by atoms with Gasteiger partial charge in [-0.2, -0.15) is 0 Å². The van der Waals surface area contributed by atoms with Crippen molar-refractivity contribution in [2.24, 2.45) is 5.73 Å². The van der Waals surface area contributed by atoms with Crippen LogP contribution in [0.3, 0.4) is 0 Å². The minimum absolute atomic E-state index is 0.0532. The summed E-state index contributed by atoms with van der Waals surface area (Å²) in [5.41, 5.74) is 7.36. The summed E-state index contributed by atoms with van der Waals surface area (Å²) >= 11 is 1.68. The number of rotatable bonds is 6. The largest absolute Gasteiger partial charge is 0.376 e. The highest BCUT2D eigenvalue weighted by Gasteiger charge is 2.23. The van der Waals surface area contributed by atoms with Gasteiger partial charge < -0.3 is 15.4 Å². The Labute approximate surface area is 140 Å². The molecule has 1 aliphatic rings. The first-order chi connectivity index (χ1) is 11.3. The molecule has 0 saturated carbocycles. The predicted molar refractivity (Wildman–Crippen MR) is 92.4 cm³/mol. The van der Waals surface area contributed by atoms with E-state index in [4.69, 9.17) is 10.5 Å². The van der Waals surface area contributed by atoms with E-state index in [2.05, 4.69) is 6.07 Å². The molecule has 1 atom stereocenters. The van der Waals surface area contributed by atoms with Crippen LogP contribution in [-0.2, 0) is 17.8 Å². The lowest BCUT2D eigenvalue weighted by Crippen LogP contribution is -2.36. The molecule has 2 heterocycles. The highest BCUT2D eigenvalue weighted by atomic mass is 32.1. The van der Waals surface area contributed by atoms with Crippen molar-refractivity contribution in [2.75, 3.05) is 13.2 Å². The van der Waals surface area contributed by atoms with Gasteiger partial charge in [-0.1, -0.05) is 18.2 Å². The Balaban J connectivity index is 1.75. The van der Waals surface area contributed by atoms with E-state index in [1.54, 1.807) is 11.3 Å². The molecule has 1 aliphatic heterocycles. The molecule has 1 amide bonds. The number of ether oxygens (including phenoxy) is 1. The minimum atomic E-state index is 0.0532. The summed E-state index contributed by atoms with van der Waals surface area (Å²) in [6, 6.07) is 11.6. The van der Waals surface area contributed by atoms with E-state index in [1.807, 2.05) is 40.6 Å². The van der Waals surface area contributed by atoms with Gasteiger partial charge in [0.05, 0.1) is 12.6 Å². The highest BCUT2D eigenvalue weighted by molar-refractivity contribution is 7.09. The third-order valence-corrected chi connectivity index (χ3v) is 4.96. The first kappa shape index (κ1) is 16.2. The monoisotopic (exact) mass is 330 g/mol. The van der Waals surface area contributed by atoms with Gasteiger partial charge in [0.15, 0.2) is 0 Å². The molecule has 1 aromatic carbocycles. The Morgan fingerprint density at radius 1 is 1.30 bits per heavy atom. The third kappa shape index (κ3) is 4.19. The number of benzene rings is 1. The lowest BCUT2D eigenvalue weighted by molar-refractivity contribution is 0.0509. The zero-order chi connectivity index (χ0) is 16.1. The van der Waals surface area contributed by atoms with Gasteiger partial charge in [0.2, 0.25) is 0 Å². The van der Waals surface area contributed by atoms with Gasteiger partial charge >= 0.3 is 0 Å². The molecular weight excluding hydrogens is 308 g/mol. The van der Waals surface area contributed by atoms with Crippen LogP contribution in [0.1, 0.15) is 33.6 Å². The van der Waals surface area contributed by atoms with Crippen LogP contribution in [0.15, 0.2) is 41.8 Å². The fourth-order valence-electron chi connectivity index (χ4n) is 2.81. The maximum absolute atomic E-state index is 12.9. The number of hydrogen-bond donors (Lipinski definition) is 1. The molecule has 1 fully saturated rings. The third-order valence-electron chi connectivity index (χ3n) is 4.10. The first-order valence-electron chi connectivity index (χ1n) is 7.98. The van der Waals surface area contributed by atoms with E-state index in [-0.39, 0.29) is 12.0 Å². The molecular formula is C18H22N2O2S. The van der Waals surface area contributed by atoms with Crippen LogP contribution in [0, 0.1) is 0 Å². The molecule has 0 aliphatic carbocycles. The van der Waals surface area contributed by atoms with Crippen molar-refractivity contribution in [2.45, 2.75) is 32.0 Å². The maximum atomic E-state index is 12.9. The Hall–Kier alpha value is -1.69. The van der Waals surface area contributed by atoms with E-state index < -0.39 is 0 Å². The Morgan fingerprint density at radius 3 is 2.74 bits per heavy atom. The fourth-order valence-corrected chi connectivity index (χ4v) is 3.53. The van der Waals surface area contributed by atoms with Gasteiger partial charge in [-0.15, -0.1) is 11.3 Å². The SMILES string of the molecule is NCc1ccc(C(=O)N(Cc2cccs2)CC2CCCO2)cc1. The topological polar surface area (TPSA) is 55.6 Å². The molecule has 4 nitrogen and oxygen atoms in total. The molecule has 1 aromatic heterocycles. The molecule has 1 unspecified atom stereocenters. The van der Waals surface area contributed by atoms with Gasteiger partial charge in [0.25, 0.3) is 5.91 Å². The van der Waals surface area contributed by atoms with Crippen molar-refractivity contribution >= 4 is 17.2 Å². The van der Waals surface area contributed by atoms with Crippen LogP contribution < -0.4 is 5.73 Å². The van der Waals surface area contributed by atoms with Crippen LogP contribution >= 0.6 is 11.3 Å². The highest BCUT2D eigenvalue weighted by Crippen LogP contribution is 2.19. The average molecular weight is 330 g/mol. The van der Waals surface area contributed by atoms with Crippen LogP contribution in [0.2, 0.25) is 0 Å². The van der Waals surface area contributed by atoms with Crippen molar-refractivity contribution in [3.8, 4) is 0 Å². The molecule has 1 saturated heterocycles. The molecule has 2 aromatic rings. The summed E-state index contributed by atoms with van der Waals surface area (Å²) in [5, 5.41) is 2.04. The first-order valence-corrected chi connectivity index (χ1v) is 8.86. The molecule has 0 spiro atoms. The number of amides is 1. The van der Waals surface area contributed by atoms with E-state index >= 15 is 0 Å². The van der Waals surface area contributed by atoms with Crippen LogP contribution in [-0.4, -0.2) is 30.1 Å². The van der Waals surface area contributed by atoms with E-state index in [0.29, 0.717) is 25.2 Å². The second-order valence-electron chi connectivity index (χ2n) is 5.80. The Morgan fingerprint density at radius 2 is 2.13 bits per heavy atom. The molecule has 122 valence electrons. The predicted octanol–water partition coefficient (Wildman–Crippen LogP) is 3.03. The number of thiophene rings is 1. The van der Waals surface area contributed by atoms with E-state index in [1.165, 1.54) is 4.88 Å². The van der Waals surface area contributed by atoms with Crippen molar-refractivity contribution in [1.29, 1.82) is 0 Å². The van der Waals surface area contributed by atoms with Gasteiger partial charge in [-0.05, 0) is 42.0 Å². The summed E-state index contributed by atoms with van der Waals surface area (Å²) in [6.07, 6.45) is 2.26. The van der Waals surface area contributed by atoms with Crippen molar-refractivity contribution in [3.05, 3.63) is 57.8 Å². The van der Waals surface area contributed by atoms with E-state index in [0.717, 1.165) is 25.0 Å². The van der Waals surface area contributed by atoms with Crippen LogP contribution in [0.25, 0.3) is 0 Å². The van der Waals surface area contributed by atoms with Crippen molar-refractivity contribution < 1.29 is 9.53 Å². The minimum Gasteiger partial charge on any atom is -0.376 e. The van der Waals surface area contributed by atoms with Gasteiger partial charge in [-0.3, -0.25) is 4.79 Å². The maximum Gasteiger partial charge on any atom is 0.254 e. The second-order valence-corrected chi connectivity index (χ2v) is 6.83. The number of nitrogens with two attached hydrogens (primary N) is 1. The Kier molecular flexibility index (Phi) is 5.43. The summed E-state index contributed by atoms with van der Waals surface area (Å²) in [6.45, 7) is 2.57. The van der Waals surface area contributed by atoms with Crippen LogP contribution in [0.5, 0.6) is 0 Å². The van der Waals surface area contributed by atoms with Gasteiger partial charge in [-0.25, -0.2) is 0 Å². The lowest BCUT2D eigenvalue weighted by atomic mass is 10.1. The summed E-state index contributed by atoms with van der Waals surface area (Å²) in [4.78, 5) is 16.0. The number of nitrogens with zero attached hydrogens (tertiary/aromatic N) is 1. The average Bonchev–Trinajstić information content (AvgIpc) is 3.27. The molecule has 3 rings (SSSR count). The molecule has 5 heteroatoms. The standard InChI is InChI=1S/C18H22N2O2S/c19-11-14-5-7-15(8-6-14)18(21)20(12-16-3-1-9-22-16)13-17-4-2-10-23-17/h2,4-8,10,16H,1,3,9,11-13,19H2. The zero-order valence-corrected chi connectivity index (χ0v) is 13.9. The second kappa shape index (κ2) is 7.73. The zero-order valence-electron chi connectivity index (χ0n) is 13.1. The van der Waals surface area contributed by atoms with Gasteiger partial charge in [0.1, 0.15) is 0 Å². The molecule has 23 heavy (non-hydrogen) atoms.